The van der Waals surface area contributed by atoms with Gasteiger partial charge in [-0.25, -0.2) is 0 Å². The van der Waals surface area contributed by atoms with Gasteiger partial charge in [-0.05, 0) is 44.8 Å². The molecule has 0 radical (unpaired) electrons. The van der Waals surface area contributed by atoms with Gasteiger partial charge in [-0.1, -0.05) is 25.7 Å². The first-order valence-electron chi connectivity index (χ1n) is 10.4. The summed E-state index contributed by atoms with van der Waals surface area (Å²) in [6.45, 7) is 2.89. The predicted molar refractivity (Wildman–Crippen MR) is 109 cm³/mol. The molecular formula is C21H28N4O3. The van der Waals surface area contributed by atoms with Gasteiger partial charge < -0.3 is 10.3 Å². The van der Waals surface area contributed by atoms with Crippen molar-refractivity contribution in [1.82, 2.24) is 15.2 Å². The van der Waals surface area contributed by atoms with E-state index in [1.54, 1.807) is 12.3 Å². The van der Waals surface area contributed by atoms with E-state index in [9.17, 15) is 14.9 Å². The van der Waals surface area contributed by atoms with Gasteiger partial charge in [0.1, 0.15) is 0 Å². The van der Waals surface area contributed by atoms with Crippen molar-refractivity contribution in [3.63, 3.8) is 0 Å². The Balaban J connectivity index is 1.53. The summed E-state index contributed by atoms with van der Waals surface area (Å²) >= 11 is 0. The van der Waals surface area contributed by atoms with Crippen LogP contribution in [-0.4, -0.2) is 45.9 Å². The van der Waals surface area contributed by atoms with Crippen LogP contribution in [0.15, 0.2) is 24.4 Å². The molecule has 1 aliphatic carbocycles. The number of H-pyrrole nitrogens is 1. The molecule has 0 spiro atoms. The first-order valence-corrected chi connectivity index (χ1v) is 10.4. The Morgan fingerprint density at radius 1 is 1.14 bits per heavy atom. The second-order valence-corrected chi connectivity index (χ2v) is 8.20. The zero-order valence-electron chi connectivity index (χ0n) is 16.2. The molecule has 150 valence electrons. The van der Waals surface area contributed by atoms with E-state index < -0.39 is 4.92 Å². The molecule has 7 heteroatoms. The Hall–Kier alpha value is -2.41. The average molecular weight is 384 g/mol. The van der Waals surface area contributed by atoms with Crippen LogP contribution in [0.4, 0.5) is 5.69 Å². The number of amides is 1. The molecule has 28 heavy (non-hydrogen) atoms. The molecule has 1 aliphatic heterocycles. The molecule has 1 aromatic carbocycles. The summed E-state index contributed by atoms with van der Waals surface area (Å²) < 4.78 is 0. The molecule has 7 nitrogen and oxygen atoms in total. The maximum atomic E-state index is 12.9. The summed E-state index contributed by atoms with van der Waals surface area (Å²) in [5.41, 5.74) is 1.27. The summed E-state index contributed by atoms with van der Waals surface area (Å²) in [7, 11) is 0. The third-order valence-corrected chi connectivity index (χ3v) is 6.51. The summed E-state index contributed by atoms with van der Waals surface area (Å²) in [5, 5.41) is 14.8. The normalized spacial score (nSPS) is 20.1. The van der Waals surface area contributed by atoms with Crippen LogP contribution in [0, 0.1) is 10.1 Å². The first kappa shape index (κ1) is 18.9. The number of aromatic nitrogens is 1. The molecular weight excluding hydrogens is 356 g/mol. The Bertz CT molecular complexity index is 864. The fourth-order valence-corrected chi connectivity index (χ4v) is 4.93. The number of piperidine rings is 1. The minimum absolute atomic E-state index is 0.00165. The fraction of sp³-hybridized carbons (Fsp3) is 0.571. The summed E-state index contributed by atoms with van der Waals surface area (Å²) in [5.74, 6) is -0.159. The highest BCUT2D eigenvalue weighted by molar-refractivity contribution is 6.07. The van der Waals surface area contributed by atoms with E-state index in [2.05, 4.69) is 15.2 Å². The van der Waals surface area contributed by atoms with Crippen molar-refractivity contribution >= 4 is 22.5 Å². The van der Waals surface area contributed by atoms with Gasteiger partial charge in [-0.15, -0.1) is 0 Å². The van der Waals surface area contributed by atoms with E-state index in [1.165, 1.54) is 50.7 Å². The van der Waals surface area contributed by atoms with Crippen LogP contribution in [0.1, 0.15) is 61.7 Å². The Kier molecular flexibility index (Phi) is 5.35. The molecule has 0 atom stereocenters. The number of hydrogen-bond donors (Lipinski definition) is 2. The lowest BCUT2D eigenvalue weighted by Gasteiger charge is -2.48. The third-order valence-electron chi connectivity index (χ3n) is 6.51. The number of nitro groups is 1. The van der Waals surface area contributed by atoms with Crippen LogP contribution in [0.25, 0.3) is 10.9 Å². The molecule has 0 unspecified atom stereocenters. The first-order chi connectivity index (χ1) is 13.6. The van der Waals surface area contributed by atoms with Gasteiger partial charge in [0.25, 0.3) is 11.6 Å². The van der Waals surface area contributed by atoms with Crippen LogP contribution in [0.2, 0.25) is 0 Å². The van der Waals surface area contributed by atoms with E-state index in [-0.39, 0.29) is 17.1 Å². The van der Waals surface area contributed by atoms with Crippen LogP contribution in [-0.2, 0) is 0 Å². The van der Waals surface area contributed by atoms with E-state index in [4.69, 9.17) is 0 Å². The fourth-order valence-electron chi connectivity index (χ4n) is 4.93. The highest BCUT2D eigenvalue weighted by Gasteiger charge is 2.38. The molecule has 1 amide bonds. The van der Waals surface area contributed by atoms with E-state index >= 15 is 0 Å². The number of hydrogen-bond acceptors (Lipinski definition) is 4. The van der Waals surface area contributed by atoms with Gasteiger partial charge in [0, 0.05) is 41.3 Å². The second-order valence-electron chi connectivity index (χ2n) is 8.20. The SMILES string of the molecule is O=C(NCC1(N2CCCCC2)CCCCC1)c1c[nH]c2ccc([N+](=O)[O-])cc12. The lowest BCUT2D eigenvalue weighted by molar-refractivity contribution is -0.384. The predicted octanol–water partition coefficient (Wildman–Crippen LogP) is 3.99. The average Bonchev–Trinajstić information content (AvgIpc) is 3.16. The maximum absolute atomic E-state index is 12.9. The molecule has 1 saturated carbocycles. The molecule has 1 saturated heterocycles. The van der Waals surface area contributed by atoms with Crippen molar-refractivity contribution in [2.75, 3.05) is 19.6 Å². The second kappa shape index (κ2) is 7.91. The molecule has 1 aromatic heterocycles. The van der Waals surface area contributed by atoms with Crippen molar-refractivity contribution in [3.05, 3.63) is 40.1 Å². The maximum Gasteiger partial charge on any atom is 0.270 e. The minimum atomic E-state index is -0.429. The number of nitro benzene ring substituents is 1. The van der Waals surface area contributed by atoms with Crippen molar-refractivity contribution < 1.29 is 9.72 Å². The van der Waals surface area contributed by atoms with Crippen LogP contribution < -0.4 is 5.32 Å². The van der Waals surface area contributed by atoms with Gasteiger partial charge in [0.2, 0.25) is 0 Å². The highest BCUT2D eigenvalue weighted by Crippen LogP contribution is 2.35. The summed E-state index contributed by atoms with van der Waals surface area (Å²) in [4.78, 5) is 29.3. The number of aromatic amines is 1. The number of rotatable bonds is 5. The minimum Gasteiger partial charge on any atom is -0.360 e. The lowest BCUT2D eigenvalue weighted by Crippen LogP contribution is -2.58. The number of fused-ring (bicyclic) bond motifs is 1. The van der Waals surface area contributed by atoms with Gasteiger partial charge in [-0.2, -0.15) is 0 Å². The number of non-ortho nitro benzene ring substituents is 1. The van der Waals surface area contributed by atoms with Crippen LogP contribution >= 0.6 is 0 Å². The van der Waals surface area contributed by atoms with Gasteiger partial charge >= 0.3 is 0 Å². The van der Waals surface area contributed by atoms with Crippen molar-refractivity contribution in [2.24, 2.45) is 0 Å². The number of carbonyl (C=O) groups is 1. The van der Waals surface area contributed by atoms with E-state index in [0.717, 1.165) is 31.4 Å². The molecule has 2 aliphatic rings. The van der Waals surface area contributed by atoms with Crippen LogP contribution in [0.3, 0.4) is 0 Å². The number of carbonyl (C=O) groups excluding carboxylic acids is 1. The van der Waals surface area contributed by atoms with E-state index in [1.807, 2.05) is 0 Å². The Morgan fingerprint density at radius 3 is 2.57 bits per heavy atom. The number of benzene rings is 1. The molecule has 0 bridgehead atoms. The van der Waals surface area contributed by atoms with Gasteiger partial charge in [0.15, 0.2) is 0 Å². The quantitative estimate of drug-likeness (QED) is 0.602. The summed E-state index contributed by atoms with van der Waals surface area (Å²) in [6, 6.07) is 4.58. The highest BCUT2D eigenvalue weighted by atomic mass is 16.6. The zero-order valence-corrected chi connectivity index (χ0v) is 16.2. The van der Waals surface area contributed by atoms with Gasteiger partial charge in [0.05, 0.1) is 10.5 Å². The molecule has 2 N–H and O–H groups in total. The number of nitrogens with one attached hydrogen (secondary N) is 2. The van der Waals surface area contributed by atoms with Crippen molar-refractivity contribution in [1.29, 1.82) is 0 Å². The standard InChI is InChI=1S/C21H28N4O3/c26-20(18-14-22-19-8-7-16(25(27)28)13-17(18)19)23-15-21(9-3-1-4-10-21)24-11-5-2-6-12-24/h7-8,13-14,22H,1-6,9-12,15H2,(H,23,26). The monoisotopic (exact) mass is 384 g/mol. The lowest BCUT2D eigenvalue weighted by atomic mass is 9.79. The molecule has 2 fully saturated rings. The molecule has 2 aromatic rings. The zero-order chi connectivity index (χ0) is 19.6. The largest absolute Gasteiger partial charge is 0.360 e. The Morgan fingerprint density at radius 2 is 1.86 bits per heavy atom. The smallest absolute Gasteiger partial charge is 0.270 e. The number of nitrogens with zero attached hydrogens (tertiary/aromatic N) is 2. The third kappa shape index (κ3) is 3.63. The molecule has 2 heterocycles. The van der Waals surface area contributed by atoms with Crippen LogP contribution in [0.5, 0.6) is 0 Å². The van der Waals surface area contributed by atoms with Crippen molar-refractivity contribution in [2.45, 2.75) is 56.9 Å². The topological polar surface area (TPSA) is 91.3 Å². The Labute approximate surface area is 164 Å². The summed E-state index contributed by atoms with van der Waals surface area (Å²) in [6.07, 6.45) is 11.4. The number of likely N-dealkylation sites (tertiary alicyclic amines) is 1. The van der Waals surface area contributed by atoms with E-state index in [0.29, 0.717) is 17.5 Å². The van der Waals surface area contributed by atoms with Crippen molar-refractivity contribution in [3.8, 4) is 0 Å². The molecule has 4 rings (SSSR count). The van der Waals surface area contributed by atoms with Gasteiger partial charge in [-0.3, -0.25) is 19.8 Å².